The van der Waals surface area contributed by atoms with Crippen molar-refractivity contribution >= 4 is 5.91 Å². The van der Waals surface area contributed by atoms with E-state index in [0.717, 1.165) is 44.4 Å². The van der Waals surface area contributed by atoms with E-state index in [9.17, 15) is 4.79 Å². The topological polar surface area (TPSA) is 53.6 Å². The lowest BCUT2D eigenvalue weighted by Crippen LogP contribution is -2.45. The largest absolute Gasteiger partial charge is 0.385 e. The maximum atomic E-state index is 12.0. The van der Waals surface area contributed by atoms with Gasteiger partial charge in [-0.25, -0.2) is 0 Å². The molecule has 18 heavy (non-hydrogen) atoms. The van der Waals surface area contributed by atoms with E-state index in [-0.39, 0.29) is 11.9 Å². The monoisotopic (exact) mass is 255 g/mol. The van der Waals surface area contributed by atoms with Crippen LogP contribution < -0.4 is 10.6 Å². The minimum absolute atomic E-state index is 0.00172. The van der Waals surface area contributed by atoms with E-state index >= 15 is 0 Å². The number of likely N-dealkylation sites (tertiary alicyclic amines) is 1. The quantitative estimate of drug-likeness (QED) is 0.639. The van der Waals surface area contributed by atoms with E-state index in [0.29, 0.717) is 13.2 Å². The number of carbonyl (C=O) groups is 1. The molecule has 0 bridgehead atoms. The smallest absolute Gasteiger partial charge is 0.237 e. The molecule has 1 unspecified atom stereocenters. The minimum Gasteiger partial charge on any atom is -0.385 e. The number of hydrogen-bond donors (Lipinski definition) is 2. The van der Waals surface area contributed by atoms with Crippen molar-refractivity contribution in [1.29, 1.82) is 0 Å². The molecular weight excluding hydrogens is 230 g/mol. The van der Waals surface area contributed by atoms with E-state index in [1.54, 1.807) is 7.11 Å². The third-order valence-electron chi connectivity index (χ3n) is 4.17. The summed E-state index contributed by atoms with van der Waals surface area (Å²) in [7, 11) is 1.68. The van der Waals surface area contributed by atoms with E-state index in [2.05, 4.69) is 15.5 Å². The Bertz CT molecular complexity index is 273. The van der Waals surface area contributed by atoms with Gasteiger partial charge in [-0.15, -0.1) is 0 Å². The molecule has 0 aromatic heterocycles. The molecule has 2 N–H and O–H groups in total. The molecule has 2 aliphatic heterocycles. The molecule has 0 aromatic carbocycles. The second-order valence-electron chi connectivity index (χ2n) is 5.45. The molecule has 0 spiro atoms. The third kappa shape index (κ3) is 3.22. The predicted octanol–water partition coefficient (Wildman–Crippen LogP) is -0.321. The molecule has 0 aromatic rings. The van der Waals surface area contributed by atoms with Crippen LogP contribution in [0, 0.1) is 11.8 Å². The zero-order valence-electron chi connectivity index (χ0n) is 11.4. The lowest BCUT2D eigenvalue weighted by Gasteiger charge is -2.24. The molecule has 0 aliphatic carbocycles. The highest BCUT2D eigenvalue weighted by atomic mass is 16.5. The summed E-state index contributed by atoms with van der Waals surface area (Å²) in [5.74, 6) is 1.64. The van der Waals surface area contributed by atoms with Gasteiger partial charge in [0.1, 0.15) is 0 Å². The molecule has 5 nitrogen and oxygen atoms in total. The average Bonchev–Trinajstić information content (AvgIpc) is 2.94. The maximum Gasteiger partial charge on any atom is 0.237 e. The van der Waals surface area contributed by atoms with Gasteiger partial charge in [0.2, 0.25) is 5.91 Å². The molecule has 2 saturated heterocycles. The number of amides is 1. The Morgan fingerprint density at radius 1 is 1.44 bits per heavy atom. The summed E-state index contributed by atoms with van der Waals surface area (Å²) in [5.41, 5.74) is 0. The standard InChI is InChI=1S/C13H25N3O2/c1-10(13(17)15-4-3-5-18-2)16-8-11-6-14-7-12(11)9-16/h10-12,14H,3-9H2,1-2H3,(H,15,17)/t10?,11-,12+. The second-order valence-corrected chi connectivity index (χ2v) is 5.45. The van der Waals surface area contributed by atoms with Gasteiger partial charge >= 0.3 is 0 Å². The van der Waals surface area contributed by atoms with E-state index < -0.39 is 0 Å². The van der Waals surface area contributed by atoms with E-state index in [1.807, 2.05) is 6.92 Å². The summed E-state index contributed by atoms with van der Waals surface area (Å²) >= 11 is 0. The van der Waals surface area contributed by atoms with Crippen LogP contribution in [0.25, 0.3) is 0 Å². The molecule has 104 valence electrons. The van der Waals surface area contributed by atoms with Gasteiger partial charge in [0, 0.05) is 33.4 Å². The summed E-state index contributed by atoms with van der Waals surface area (Å²) in [5, 5.41) is 6.40. The highest BCUT2D eigenvalue weighted by molar-refractivity contribution is 5.81. The average molecular weight is 255 g/mol. The fourth-order valence-electron chi connectivity index (χ4n) is 2.95. The Kier molecular flexibility index (Phi) is 4.97. The van der Waals surface area contributed by atoms with Crippen molar-refractivity contribution in [3.8, 4) is 0 Å². The van der Waals surface area contributed by atoms with E-state index in [4.69, 9.17) is 4.74 Å². The molecule has 2 rings (SSSR count). The number of hydrogen-bond acceptors (Lipinski definition) is 4. The van der Waals surface area contributed by atoms with Gasteiger partial charge in [-0.1, -0.05) is 0 Å². The highest BCUT2D eigenvalue weighted by Gasteiger charge is 2.39. The molecule has 2 heterocycles. The zero-order chi connectivity index (χ0) is 13.0. The van der Waals surface area contributed by atoms with Crippen LogP contribution in [-0.2, 0) is 9.53 Å². The summed E-state index contributed by atoms with van der Waals surface area (Å²) in [6, 6.07) is -0.00172. The normalized spacial score (nSPS) is 29.2. The van der Waals surface area contributed by atoms with Crippen LogP contribution in [0.1, 0.15) is 13.3 Å². The van der Waals surface area contributed by atoms with Crippen LogP contribution in [0.5, 0.6) is 0 Å². The number of ether oxygens (including phenoxy) is 1. The summed E-state index contributed by atoms with van der Waals surface area (Å²) in [6.45, 7) is 7.77. The van der Waals surface area contributed by atoms with Gasteiger partial charge in [-0.3, -0.25) is 9.69 Å². The Hall–Kier alpha value is -0.650. The fourth-order valence-corrected chi connectivity index (χ4v) is 2.95. The number of nitrogens with one attached hydrogen (secondary N) is 2. The first-order valence-electron chi connectivity index (χ1n) is 6.93. The molecule has 5 heteroatoms. The second kappa shape index (κ2) is 6.50. The summed E-state index contributed by atoms with van der Waals surface area (Å²) in [4.78, 5) is 14.3. The molecular formula is C13H25N3O2. The van der Waals surface area contributed by atoms with Crippen molar-refractivity contribution < 1.29 is 9.53 Å². The van der Waals surface area contributed by atoms with Crippen molar-refractivity contribution in [2.75, 3.05) is 46.4 Å². The van der Waals surface area contributed by atoms with Crippen molar-refractivity contribution in [3.63, 3.8) is 0 Å². The van der Waals surface area contributed by atoms with Crippen LogP contribution in [0.4, 0.5) is 0 Å². The van der Waals surface area contributed by atoms with Crippen LogP contribution in [-0.4, -0.2) is 63.3 Å². The van der Waals surface area contributed by atoms with Gasteiger partial charge in [0.25, 0.3) is 0 Å². The fraction of sp³-hybridized carbons (Fsp3) is 0.923. The molecule has 1 amide bonds. The zero-order valence-corrected chi connectivity index (χ0v) is 11.4. The number of methoxy groups -OCH3 is 1. The summed E-state index contributed by atoms with van der Waals surface area (Å²) in [6.07, 6.45) is 0.879. The Morgan fingerprint density at radius 3 is 2.72 bits per heavy atom. The molecule has 2 aliphatic rings. The van der Waals surface area contributed by atoms with Gasteiger partial charge in [-0.05, 0) is 38.3 Å². The number of rotatable bonds is 6. The van der Waals surface area contributed by atoms with Crippen LogP contribution in [0.3, 0.4) is 0 Å². The van der Waals surface area contributed by atoms with Crippen molar-refractivity contribution in [3.05, 3.63) is 0 Å². The van der Waals surface area contributed by atoms with Crippen molar-refractivity contribution in [2.45, 2.75) is 19.4 Å². The first kappa shape index (κ1) is 13.8. The van der Waals surface area contributed by atoms with Gasteiger partial charge in [0.15, 0.2) is 0 Å². The van der Waals surface area contributed by atoms with Crippen molar-refractivity contribution in [1.82, 2.24) is 15.5 Å². The van der Waals surface area contributed by atoms with Crippen LogP contribution in [0.15, 0.2) is 0 Å². The van der Waals surface area contributed by atoms with Crippen LogP contribution >= 0.6 is 0 Å². The number of nitrogens with zero attached hydrogens (tertiary/aromatic N) is 1. The number of fused-ring (bicyclic) bond motifs is 1. The first-order chi connectivity index (χ1) is 8.72. The van der Waals surface area contributed by atoms with Crippen LogP contribution in [0.2, 0.25) is 0 Å². The van der Waals surface area contributed by atoms with E-state index in [1.165, 1.54) is 0 Å². The molecule has 3 atom stereocenters. The Morgan fingerprint density at radius 2 is 2.11 bits per heavy atom. The number of carbonyl (C=O) groups excluding carboxylic acids is 1. The highest BCUT2D eigenvalue weighted by Crippen LogP contribution is 2.27. The summed E-state index contributed by atoms with van der Waals surface area (Å²) < 4.78 is 4.97. The SMILES string of the molecule is COCCCNC(=O)C(C)N1C[C@H]2CNC[C@H]2C1. The minimum atomic E-state index is -0.00172. The van der Waals surface area contributed by atoms with Gasteiger partial charge in [-0.2, -0.15) is 0 Å². The lowest BCUT2D eigenvalue weighted by atomic mass is 10.0. The first-order valence-corrected chi connectivity index (χ1v) is 6.93. The molecule has 0 saturated carbocycles. The third-order valence-corrected chi connectivity index (χ3v) is 4.17. The Labute approximate surface area is 109 Å². The van der Waals surface area contributed by atoms with Gasteiger partial charge in [0.05, 0.1) is 6.04 Å². The van der Waals surface area contributed by atoms with Crippen molar-refractivity contribution in [2.24, 2.45) is 11.8 Å². The predicted molar refractivity (Wildman–Crippen MR) is 70.4 cm³/mol. The lowest BCUT2D eigenvalue weighted by molar-refractivity contribution is -0.125. The maximum absolute atomic E-state index is 12.0. The van der Waals surface area contributed by atoms with Gasteiger partial charge < -0.3 is 15.4 Å². The Balaban J connectivity index is 1.70. The molecule has 0 radical (unpaired) electrons. The molecule has 2 fully saturated rings.